The summed E-state index contributed by atoms with van der Waals surface area (Å²) in [7, 11) is 0. The predicted octanol–water partition coefficient (Wildman–Crippen LogP) is 1.60. The number of hydrogen-bond acceptors (Lipinski definition) is 3. The van der Waals surface area contributed by atoms with E-state index in [-0.39, 0.29) is 24.3 Å². The average Bonchev–Trinajstić information content (AvgIpc) is 2.98. The Morgan fingerprint density at radius 2 is 2.29 bits per heavy atom. The summed E-state index contributed by atoms with van der Waals surface area (Å²) in [4.78, 5) is 24.5. The van der Waals surface area contributed by atoms with Gasteiger partial charge in [0.1, 0.15) is 0 Å². The van der Waals surface area contributed by atoms with Crippen LogP contribution in [-0.2, 0) is 4.79 Å². The van der Waals surface area contributed by atoms with Crippen LogP contribution in [0.5, 0.6) is 0 Å². The fourth-order valence-electron chi connectivity index (χ4n) is 1.70. The van der Waals surface area contributed by atoms with Crippen molar-refractivity contribution < 1.29 is 19.1 Å². The molecule has 1 aliphatic rings. The first-order valence-electron chi connectivity index (χ1n) is 5.67. The van der Waals surface area contributed by atoms with Gasteiger partial charge in [-0.2, -0.15) is 0 Å². The summed E-state index contributed by atoms with van der Waals surface area (Å²) in [6.45, 7) is 1.84. The van der Waals surface area contributed by atoms with Crippen LogP contribution in [0.1, 0.15) is 30.3 Å². The van der Waals surface area contributed by atoms with Gasteiger partial charge >= 0.3 is 5.97 Å². The molecule has 0 aromatic carbocycles. The Bertz CT molecular complexity index is 408. The van der Waals surface area contributed by atoms with Crippen molar-refractivity contribution in [3.8, 4) is 0 Å². The number of amides is 1. The van der Waals surface area contributed by atoms with Crippen molar-refractivity contribution >= 4 is 11.9 Å². The Hall–Kier alpha value is -1.78. The molecule has 0 aliphatic heterocycles. The zero-order chi connectivity index (χ0) is 12.4. The van der Waals surface area contributed by atoms with Crippen LogP contribution < -0.4 is 0 Å². The molecule has 1 aliphatic carbocycles. The highest BCUT2D eigenvalue weighted by atomic mass is 16.4. The van der Waals surface area contributed by atoms with E-state index in [0.717, 1.165) is 12.8 Å². The van der Waals surface area contributed by atoms with Crippen LogP contribution in [-0.4, -0.2) is 34.5 Å². The molecule has 1 aromatic rings. The summed E-state index contributed by atoms with van der Waals surface area (Å²) in [5, 5.41) is 8.88. The van der Waals surface area contributed by atoms with E-state index >= 15 is 0 Å². The summed E-state index contributed by atoms with van der Waals surface area (Å²) in [5.41, 5.74) is 0. The van der Waals surface area contributed by atoms with Crippen LogP contribution in [0.2, 0.25) is 0 Å². The Kier molecular flexibility index (Phi) is 3.17. The highest BCUT2D eigenvalue weighted by Gasteiger charge is 2.35. The standard InChI is InChI=1S/C12H15NO4/c1-8(12(15)16)7-13(9-4-5-9)11(14)10-3-2-6-17-10/h2-3,6,8-9H,4-5,7H2,1H3,(H,15,16)/t8-/m1/s1. The van der Waals surface area contributed by atoms with Gasteiger partial charge in [0.15, 0.2) is 5.76 Å². The largest absolute Gasteiger partial charge is 0.481 e. The minimum atomic E-state index is -0.886. The molecule has 5 heteroatoms. The second kappa shape index (κ2) is 4.61. The molecule has 5 nitrogen and oxygen atoms in total. The minimum Gasteiger partial charge on any atom is -0.481 e. The molecule has 1 heterocycles. The van der Waals surface area contributed by atoms with Crippen molar-refractivity contribution in [1.29, 1.82) is 0 Å². The maximum atomic E-state index is 12.1. The number of carbonyl (C=O) groups excluding carboxylic acids is 1. The van der Waals surface area contributed by atoms with Gasteiger partial charge in [0.05, 0.1) is 12.2 Å². The van der Waals surface area contributed by atoms with E-state index in [9.17, 15) is 9.59 Å². The monoisotopic (exact) mass is 237 g/mol. The average molecular weight is 237 g/mol. The van der Waals surface area contributed by atoms with E-state index in [2.05, 4.69) is 0 Å². The van der Waals surface area contributed by atoms with Crippen molar-refractivity contribution in [2.75, 3.05) is 6.54 Å². The van der Waals surface area contributed by atoms with Gasteiger partial charge in [-0.25, -0.2) is 0 Å². The maximum absolute atomic E-state index is 12.1. The van der Waals surface area contributed by atoms with E-state index in [1.807, 2.05) is 0 Å². The maximum Gasteiger partial charge on any atom is 0.308 e. The third-order valence-corrected chi connectivity index (χ3v) is 2.87. The van der Waals surface area contributed by atoms with Crippen molar-refractivity contribution in [3.63, 3.8) is 0 Å². The second-order valence-electron chi connectivity index (χ2n) is 4.41. The molecule has 0 spiro atoms. The summed E-state index contributed by atoms with van der Waals surface area (Å²) < 4.78 is 5.06. The van der Waals surface area contributed by atoms with Gasteiger partial charge in [0, 0.05) is 12.6 Å². The highest BCUT2D eigenvalue weighted by molar-refractivity contribution is 5.92. The van der Waals surface area contributed by atoms with Crippen molar-refractivity contribution in [2.45, 2.75) is 25.8 Å². The van der Waals surface area contributed by atoms with Crippen LogP contribution in [0.15, 0.2) is 22.8 Å². The molecule has 17 heavy (non-hydrogen) atoms. The van der Waals surface area contributed by atoms with Gasteiger partial charge in [-0.15, -0.1) is 0 Å². The van der Waals surface area contributed by atoms with Crippen LogP contribution in [0.4, 0.5) is 0 Å². The van der Waals surface area contributed by atoms with E-state index in [4.69, 9.17) is 9.52 Å². The third kappa shape index (κ3) is 2.67. The Morgan fingerprint density at radius 1 is 1.59 bits per heavy atom. The SMILES string of the molecule is C[C@H](CN(C(=O)c1ccco1)C1CC1)C(=O)O. The molecule has 1 N–H and O–H groups in total. The normalized spacial score (nSPS) is 16.5. The van der Waals surface area contributed by atoms with Gasteiger partial charge in [-0.1, -0.05) is 6.92 Å². The molecule has 1 atom stereocenters. The number of hydrogen-bond donors (Lipinski definition) is 1. The number of furan rings is 1. The van der Waals surface area contributed by atoms with Gasteiger partial charge in [-0.3, -0.25) is 9.59 Å². The highest BCUT2D eigenvalue weighted by Crippen LogP contribution is 2.29. The lowest BCUT2D eigenvalue weighted by molar-refractivity contribution is -0.141. The van der Waals surface area contributed by atoms with E-state index in [0.29, 0.717) is 0 Å². The smallest absolute Gasteiger partial charge is 0.308 e. The fourth-order valence-corrected chi connectivity index (χ4v) is 1.70. The quantitative estimate of drug-likeness (QED) is 0.844. The fraction of sp³-hybridized carbons (Fsp3) is 0.500. The van der Waals surface area contributed by atoms with Gasteiger partial charge in [-0.05, 0) is 25.0 Å². The number of carbonyl (C=O) groups is 2. The Morgan fingerprint density at radius 3 is 2.76 bits per heavy atom. The van der Waals surface area contributed by atoms with Crippen LogP contribution in [0.25, 0.3) is 0 Å². The molecule has 1 aromatic heterocycles. The molecule has 92 valence electrons. The molecule has 1 amide bonds. The summed E-state index contributed by atoms with van der Waals surface area (Å²) in [6.07, 6.45) is 3.33. The first-order valence-corrected chi connectivity index (χ1v) is 5.67. The molecular weight excluding hydrogens is 222 g/mol. The van der Waals surface area contributed by atoms with Crippen molar-refractivity contribution in [2.24, 2.45) is 5.92 Å². The molecular formula is C12H15NO4. The van der Waals surface area contributed by atoms with Gasteiger partial charge < -0.3 is 14.4 Å². The van der Waals surface area contributed by atoms with E-state index in [1.165, 1.54) is 6.26 Å². The molecule has 1 saturated carbocycles. The van der Waals surface area contributed by atoms with Gasteiger partial charge in [0.2, 0.25) is 0 Å². The lowest BCUT2D eigenvalue weighted by Gasteiger charge is -2.23. The van der Waals surface area contributed by atoms with E-state index in [1.54, 1.807) is 24.0 Å². The Balaban J connectivity index is 2.07. The topological polar surface area (TPSA) is 70.8 Å². The van der Waals surface area contributed by atoms with Gasteiger partial charge in [0.25, 0.3) is 5.91 Å². The van der Waals surface area contributed by atoms with Crippen LogP contribution in [0, 0.1) is 5.92 Å². The molecule has 0 radical (unpaired) electrons. The summed E-state index contributed by atoms with van der Waals surface area (Å²) in [5.74, 6) is -1.39. The Labute approximate surface area is 99.0 Å². The zero-order valence-corrected chi connectivity index (χ0v) is 9.63. The predicted molar refractivity (Wildman–Crippen MR) is 59.6 cm³/mol. The van der Waals surface area contributed by atoms with Crippen LogP contribution >= 0.6 is 0 Å². The molecule has 0 saturated heterocycles. The van der Waals surface area contributed by atoms with E-state index < -0.39 is 11.9 Å². The number of carboxylic acid groups (broad SMARTS) is 1. The molecule has 0 unspecified atom stereocenters. The summed E-state index contributed by atoms with van der Waals surface area (Å²) >= 11 is 0. The zero-order valence-electron chi connectivity index (χ0n) is 9.63. The molecule has 0 bridgehead atoms. The lowest BCUT2D eigenvalue weighted by Crippen LogP contribution is -2.38. The first-order chi connectivity index (χ1) is 8.09. The number of aliphatic carboxylic acids is 1. The second-order valence-corrected chi connectivity index (χ2v) is 4.41. The van der Waals surface area contributed by atoms with Crippen molar-refractivity contribution in [1.82, 2.24) is 4.90 Å². The number of rotatable bonds is 5. The van der Waals surface area contributed by atoms with Crippen molar-refractivity contribution in [3.05, 3.63) is 24.2 Å². The summed E-state index contributed by atoms with van der Waals surface area (Å²) in [6, 6.07) is 3.43. The molecule has 2 rings (SSSR count). The number of carboxylic acids is 1. The minimum absolute atomic E-state index is 0.175. The third-order valence-electron chi connectivity index (χ3n) is 2.87. The number of nitrogens with zero attached hydrogens (tertiary/aromatic N) is 1. The van der Waals surface area contributed by atoms with Crippen LogP contribution in [0.3, 0.4) is 0 Å². The molecule has 1 fully saturated rings. The lowest BCUT2D eigenvalue weighted by atomic mass is 10.1. The first kappa shape index (κ1) is 11.7.